The molecule has 0 N–H and O–H groups in total. The molecule has 2 nitrogen and oxygen atoms in total. The highest BCUT2D eigenvalue weighted by Gasteiger charge is 2.42. The van der Waals surface area contributed by atoms with E-state index in [1.54, 1.807) is 20.8 Å². The van der Waals surface area contributed by atoms with Crippen molar-refractivity contribution in [1.29, 1.82) is 0 Å². The molecule has 0 amide bonds. The fourth-order valence-electron chi connectivity index (χ4n) is 7.46. The van der Waals surface area contributed by atoms with Crippen LogP contribution in [0.15, 0.2) is 162 Å². The van der Waals surface area contributed by atoms with Crippen molar-refractivity contribution in [2.75, 3.05) is 4.90 Å². The maximum absolute atomic E-state index is 9.85. The van der Waals surface area contributed by atoms with E-state index in [4.69, 9.17) is 25.0 Å². The highest BCUT2D eigenvalue weighted by molar-refractivity contribution is 6.09. The first-order valence-electron chi connectivity index (χ1n) is 25.5. The van der Waals surface area contributed by atoms with Gasteiger partial charge in [0.2, 0.25) is 0 Å². The van der Waals surface area contributed by atoms with Crippen LogP contribution >= 0.6 is 0 Å². The van der Waals surface area contributed by atoms with Gasteiger partial charge in [-0.25, -0.2) is 0 Å². The number of fused-ring (bicyclic) bond motifs is 9. The van der Waals surface area contributed by atoms with E-state index in [0.717, 1.165) is 11.0 Å². The molecule has 8 aromatic rings. The summed E-state index contributed by atoms with van der Waals surface area (Å²) in [5, 5.41) is 0.0434. The summed E-state index contributed by atoms with van der Waals surface area (Å²) < 4.78 is 186. The highest BCUT2D eigenvalue weighted by atomic mass is 16.3. The largest absolute Gasteiger partial charge is 0.456 e. The molecule has 2 heteroatoms. The van der Waals surface area contributed by atoms with E-state index in [2.05, 4.69) is 0 Å². The average Bonchev–Trinajstić information content (AvgIpc) is 3.89. The van der Waals surface area contributed by atoms with Gasteiger partial charge < -0.3 is 9.32 Å². The van der Waals surface area contributed by atoms with Gasteiger partial charge in [-0.05, 0) is 99.3 Å². The summed E-state index contributed by atoms with van der Waals surface area (Å²) >= 11 is 0. The lowest BCUT2D eigenvalue weighted by Gasteiger charge is -2.29. The molecule has 0 radical (unpaired) electrons. The van der Waals surface area contributed by atoms with Gasteiger partial charge in [0.05, 0.1) is 27.4 Å². The molecule has 234 valence electrons. The van der Waals surface area contributed by atoms with Gasteiger partial charge in [-0.1, -0.05) is 123 Å². The van der Waals surface area contributed by atoms with E-state index in [1.807, 2.05) is 0 Å². The Balaban J connectivity index is 1.32. The van der Waals surface area contributed by atoms with Crippen LogP contribution in [0.25, 0.3) is 44.2 Å². The first-order chi connectivity index (χ1) is 32.2. The normalized spacial score (nSPS) is 22.4. The topological polar surface area (TPSA) is 16.4 Å². The molecule has 1 aromatic heterocycles. The Labute approximate surface area is 315 Å². The predicted molar refractivity (Wildman–Crippen MR) is 203 cm³/mol. The van der Waals surface area contributed by atoms with Crippen LogP contribution < -0.4 is 4.90 Å². The van der Waals surface area contributed by atoms with Gasteiger partial charge in [0, 0.05) is 44.7 Å². The summed E-state index contributed by atoms with van der Waals surface area (Å²) in [4.78, 5) is 1.06. The van der Waals surface area contributed by atoms with Crippen LogP contribution in [0.5, 0.6) is 0 Å². The summed E-state index contributed by atoms with van der Waals surface area (Å²) in [7, 11) is 0. The second kappa shape index (κ2) is 10.1. The third-order valence-electron chi connectivity index (χ3n) is 9.81. The van der Waals surface area contributed by atoms with Crippen molar-refractivity contribution >= 4 is 39.0 Å². The number of rotatable bonds is 4. The molecular formula is C47H35NO. The molecule has 0 saturated heterocycles. The molecule has 2 aliphatic carbocycles. The van der Waals surface area contributed by atoms with Gasteiger partial charge >= 0.3 is 0 Å². The zero-order valence-corrected chi connectivity index (χ0v) is 26.3. The van der Waals surface area contributed by atoms with Gasteiger partial charge in [0.15, 0.2) is 0 Å². The van der Waals surface area contributed by atoms with Crippen LogP contribution in [-0.4, -0.2) is 0 Å². The lowest BCUT2D eigenvalue weighted by molar-refractivity contribution is 0.660. The molecule has 0 saturated carbocycles. The summed E-state index contributed by atoms with van der Waals surface area (Å²) in [6.45, 7) is 4.91. The molecule has 7 aromatic carbocycles. The van der Waals surface area contributed by atoms with Crippen LogP contribution in [-0.2, 0) is 10.8 Å². The third-order valence-corrected chi connectivity index (χ3v) is 9.81. The summed E-state index contributed by atoms with van der Waals surface area (Å²) in [5.74, 6) is 0. The Bertz CT molecular complexity index is 3720. The minimum Gasteiger partial charge on any atom is -0.456 e. The van der Waals surface area contributed by atoms with Gasteiger partial charge in [-0.2, -0.15) is 0 Å². The first-order valence-corrected chi connectivity index (χ1v) is 15.5. The van der Waals surface area contributed by atoms with Crippen molar-refractivity contribution in [2.24, 2.45) is 0 Å². The molecule has 49 heavy (non-hydrogen) atoms. The van der Waals surface area contributed by atoms with Crippen molar-refractivity contribution in [3.63, 3.8) is 0 Å². The Hall–Kier alpha value is -5.86. The Morgan fingerprint density at radius 2 is 1.22 bits per heavy atom. The molecule has 0 fully saturated rings. The van der Waals surface area contributed by atoms with E-state index in [0.29, 0.717) is 0 Å². The Morgan fingerprint density at radius 1 is 0.510 bits per heavy atom. The van der Waals surface area contributed by atoms with Crippen LogP contribution in [0.4, 0.5) is 17.1 Å². The smallest absolute Gasteiger partial charge is 0.137 e. The van der Waals surface area contributed by atoms with Crippen LogP contribution in [0.3, 0.4) is 0 Å². The molecule has 1 unspecified atom stereocenters. The molecule has 0 bridgehead atoms. The van der Waals surface area contributed by atoms with Crippen LogP contribution in [0.1, 0.15) is 76.0 Å². The monoisotopic (exact) mass is 649 g/mol. The predicted octanol–water partition coefficient (Wildman–Crippen LogP) is 12.7. The lowest BCUT2D eigenvalue weighted by Crippen LogP contribution is -2.22. The molecule has 1 atom stereocenters. The number of hydrogen-bond acceptors (Lipinski definition) is 2. The SMILES string of the molecule is [2H]c1cc2c(c([2H])c1[2H])-c1c([2H])c([2H])c([2H])c([2H])c1C2(C)c1cc([2H])c([2H])c2oc3cc(N(c4c([2H])c([2H])cc([2H])c4[2H])c4c([2H])c([2H])c5c(c4[2H])C(C)(C)c4c-5cc([2H])c([2H])c4[2H])cc([2H])c3c12. The van der Waals surface area contributed by atoms with E-state index in [-0.39, 0.29) is 108 Å². The molecule has 0 aliphatic heterocycles. The second-order valence-corrected chi connectivity index (χ2v) is 12.7. The Morgan fingerprint density at radius 3 is 2.10 bits per heavy atom. The zero-order valence-electron chi connectivity index (χ0n) is 46.3. The number of nitrogens with zero attached hydrogens (tertiary/aromatic N) is 1. The Kier molecular flexibility index (Phi) is 3.03. The van der Waals surface area contributed by atoms with E-state index < -0.39 is 113 Å². The summed E-state index contributed by atoms with van der Waals surface area (Å²) in [6.07, 6.45) is 0. The van der Waals surface area contributed by atoms with Crippen molar-refractivity contribution in [1.82, 2.24) is 0 Å². The molecular weight excluding hydrogens is 595 g/mol. The molecule has 10 rings (SSSR count). The minimum atomic E-state index is -1.74. The van der Waals surface area contributed by atoms with E-state index in [1.165, 1.54) is 30.3 Å². The maximum atomic E-state index is 9.85. The lowest BCUT2D eigenvalue weighted by atomic mass is 9.73. The zero-order chi connectivity index (χ0) is 50.3. The number of para-hydroxylation sites is 1. The number of furan rings is 1. The molecule has 2 aliphatic rings. The van der Waals surface area contributed by atoms with Crippen molar-refractivity contribution in [2.45, 2.75) is 31.6 Å². The van der Waals surface area contributed by atoms with Crippen molar-refractivity contribution in [3.05, 3.63) is 185 Å². The van der Waals surface area contributed by atoms with E-state index >= 15 is 0 Å². The molecule has 0 spiro atoms. The first kappa shape index (κ1) is 14.7. The van der Waals surface area contributed by atoms with Gasteiger partial charge in [0.1, 0.15) is 11.2 Å². The van der Waals surface area contributed by atoms with Crippen molar-refractivity contribution < 1.29 is 31.8 Å². The highest BCUT2D eigenvalue weighted by Crippen LogP contribution is 2.55. The van der Waals surface area contributed by atoms with Crippen LogP contribution in [0, 0.1) is 0 Å². The van der Waals surface area contributed by atoms with Gasteiger partial charge in [-0.3, -0.25) is 0 Å². The van der Waals surface area contributed by atoms with Crippen LogP contribution in [0.2, 0.25) is 0 Å². The van der Waals surface area contributed by atoms with Crippen molar-refractivity contribution in [3.8, 4) is 22.3 Å². The maximum Gasteiger partial charge on any atom is 0.137 e. The third kappa shape index (κ3) is 3.83. The molecule has 1 heterocycles. The summed E-state index contributed by atoms with van der Waals surface area (Å²) in [6, 6.07) is -2.10. The fraction of sp³-hybridized carbons (Fsp3) is 0.106. The quantitative estimate of drug-likeness (QED) is 0.189. The number of benzene rings is 7. The fourth-order valence-corrected chi connectivity index (χ4v) is 7.46. The van der Waals surface area contributed by atoms with Gasteiger partial charge in [-0.15, -0.1) is 0 Å². The summed E-state index contributed by atoms with van der Waals surface area (Å²) in [5.41, 5.74) is -3.72. The van der Waals surface area contributed by atoms with Gasteiger partial charge in [0.25, 0.3) is 0 Å². The standard InChI is InChI=1S/C47H35NO/c1-46(2)38-19-10-7-16-33(38)36-26-24-31(28-42(36)46)48(30-14-5-4-6-15-30)32-25-27-37-44(29-32)49-43-23-13-22-41(45(37)43)47(3)39-20-11-8-17-34(39)35-18-9-12-21-40(35)47/h4-29H,1-3H3/i5D,6D,7D,8D,9D,10D,11D,12D,13D,14D,15D,17D,18D,19D,20D,23D,24D,26D,27D,28D. The average molecular weight is 650 g/mol. The second-order valence-electron chi connectivity index (χ2n) is 12.7. The minimum absolute atomic E-state index is 0.000431. The number of hydrogen-bond donors (Lipinski definition) is 0. The number of anilines is 3. The van der Waals surface area contributed by atoms with E-state index in [9.17, 15) is 6.85 Å².